The van der Waals surface area contributed by atoms with Crippen LogP contribution in [0.5, 0.6) is 11.5 Å². The number of fused-ring (bicyclic) bond motifs is 1. The fraction of sp³-hybridized carbons (Fsp3) is 0.143. The molecule has 0 fully saturated rings. The number of ether oxygens (including phenoxy) is 2. The van der Waals surface area contributed by atoms with Crippen molar-refractivity contribution in [2.45, 2.75) is 4.90 Å². The van der Waals surface area contributed by atoms with Crippen LogP contribution in [-0.4, -0.2) is 19.8 Å². The predicted molar refractivity (Wildman–Crippen MR) is 40.5 cm³/mol. The monoisotopic (exact) mass is 240 g/mol. The summed E-state index contributed by atoms with van der Waals surface area (Å²) in [6, 6.07) is 4.16. The van der Waals surface area contributed by atoms with Crippen LogP contribution in [0.1, 0.15) is 0 Å². The van der Waals surface area contributed by atoms with Crippen LogP contribution in [0.15, 0.2) is 23.1 Å². The van der Waals surface area contributed by atoms with E-state index in [2.05, 4.69) is 0 Å². The van der Waals surface area contributed by atoms with Crippen molar-refractivity contribution in [3.05, 3.63) is 18.2 Å². The van der Waals surface area contributed by atoms with E-state index in [0.717, 1.165) is 0 Å². The Bertz CT molecular complexity index is 441. The predicted octanol–water partition coefficient (Wildman–Crippen LogP) is -2.68. The molecule has 70 valence electrons. The molecule has 1 heterocycles. The number of para-hydroxylation sites is 1. The molecule has 0 radical (unpaired) electrons. The van der Waals surface area contributed by atoms with E-state index < -0.39 is 10.1 Å². The van der Waals surface area contributed by atoms with Crippen LogP contribution in [0.2, 0.25) is 0 Å². The Morgan fingerprint density at radius 1 is 1.29 bits per heavy atom. The summed E-state index contributed by atoms with van der Waals surface area (Å²) in [4.78, 5) is -0.373. The maximum atomic E-state index is 10.7. The van der Waals surface area contributed by atoms with Crippen molar-refractivity contribution in [2.24, 2.45) is 0 Å². The molecule has 0 aromatic heterocycles. The molecular formula is C7H5KO5S. The van der Waals surface area contributed by atoms with Crippen molar-refractivity contribution in [2.75, 3.05) is 6.79 Å². The van der Waals surface area contributed by atoms with Gasteiger partial charge in [0.25, 0.3) is 0 Å². The average molecular weight is 240 g/mol. The molecule has 0 saturated heterocycles. The molecule has 0 aliphatic carbocycles. The summed E-state index contributed by atoms with van der Waals surface area (Å²) >= 11 is 0. The van der Waals surface area contributed by atoms with E-state index in [-0.39, 0.29) is 74.6 Å². The maximum Gasteiger partial charge on any atom is 1.00 e. The Hall–Kier alpha value is 0.366. The van der Waals surface area contributed by atoms with Gasteiger partial charge in [-0.3, -0.25) is 0 Å². The van der Waals surface area contributed by atoms with Gasteiger partial charge in [0.05, 0.1) is 0 Å². The van der Waals surface area contributed by atoms with Crippen LogP contribution in [0, 0.1) is 0 Å². The van der Waals surface area contributed by atoms with Gasteiger partial charge in [-0.25, -0.2) is 8.42 Å². The van der Waals surface area contributed by atoms with E-state index in [1.165, 1.54) is 18.2 Å². The molecule has 7 heteroatoms. The molecule has 1 aliphatic heterocycles. The smallest absolute Gasteiger partial charge is 0.744 e. The van der Waals surface area contributed by atoms with Crippen LogP contribution in [-0.2, 0) is 10.1 Å². The number of hydrogen-bond acceptors (Lipinski definition) is 5. The van der Waals surface area contributed by atoms with Crippen LogP contribution >= 0.6 is 0 Å². The fourth-order valence-corrected chi connectivity index (χ4v) is 1.73. The topological polar surface area (TPSA) is 75.7 Å². The van der Waals surface area contributed by atoms with Crippen molar-refractivity contribution >= 4 is 10.1 Å². The van der Waals surface area contributed by atoms with E-state index in [4.69, 9.17) is 9.47 Å². The van der Waals surface area contributed by atoms with E-state index in [9.17, 15) is 13.0 Å². The molecule has 0 bridgehead atoms. The Kier molecular flexibility index (Phi) is 3.98. The number of rotatable bonds is 1. The second-order valence-corrected chi connectivity index (χ2v) is 3.79. The molecule has 0 spiro atoms. The van der Waals surface area contributed by atoms with E-state index >= 15 is 0 Å². The normalized spacial score (nSPS) is 13.5. The molecule has 0 amide bonds. The molecule has 14 heavy (non-hydrogen) atoms. The van der Waals surface area contributed by atoms with Crippen LogP contribution in [0.3, 0.4) is 0 Å². The van der Waals surface area contributed by atoms with Crippen molar-refractivity contribution in [3.63, 3.8) is 0 Å². The first kappa shape index (κ1) is 12.4. The molecule has 0 atom stereocenters. The minimum atomic E-state index is -4.48. The Morgan fingerprint density at radius 3 is 2.64 bits per heavy atom. The Morgan fingerprint density at radius 2 is 2.00 bits per heavy atom. The number of hydrogen-bond donors (Lipinski definition) is 0. The van der Waals surface area contributed by atoms with Crippen molar-refractivity contribution in [1.82, 2.24) is 0 Å². The standard InChI is InChI=1S/C7H6O5S.K/c8-13(9,10)6-3-1-2-5-7(6)12-4-11-5;/h1-3H,4H2,(H,8,9,10);/q;+1/p-1. The van der Waals surface area contributed by atoms with Gasteiger partial charge in [-0.05, 0) is 12.1 Å². The van der Waals surface area contributed by atoms with E-state index in [1.807, 2.05) is 0 Å². The third kappa shape index (κ3) is 2.30. The van der Waals surface area contributed by atoms with Gasteiger partial charge in [-0.2, -0.15) is 0 Å². The summed E-state index contributed by atoms with van der Waals surface area (Å²) in [5, 5.41) is 0. The molecule has 5 nitrogen and oxygen atoms in total. The van der Waals surface area contributed by atoms with Gasteiger partial charge < -0.3 is 14.0 Å². The molecule has 0 saturated carbocycles. The van der Waals surface area contributed by atoms with Gasteiger partial charge in [0.2, 0.25) is 6.79 Å². The van der Waals surface area contributed by atoms with Gasteiger partial charge >= 0.3 is 51.4 Å². The van der Waals surface area contributed by atoms with Crippen molar-refractivity contribution in [3.8, 4) is 11.5 Å². The van der Waals surface area contributed by atoms with Crippen molar-refractivity contribution < 1.29 is 73.8 Å². The first-order valence-corrected chi connectivity index (χ1v) is 4.84. The molecule has 2 rings (SSSR count). The summed E-state index contributed by atoms with van der Waals surface area (Å²) in [6.07, 6.45) is 0. The Balaban J connectivity index is 0.000000980. The molecule has 1 aromatic carbocycles. The third-order valence-electron chi connectivity index (χ3n) is 1.63. The summed E-state index contributed by atoms with van der Waals surface area (Å²) in [6.45, 7) is -0.0537. The Labute approximate surface area is 124 Å². The van der Waals surface area contributed by atoms with Crippen LogP contribution in [0.4, 0.5) is 0 Å². The second-order valence-electron chi connectivity index (χ2n) is 2.44. The number of benzene rings is 1. The average Bonchev–Trinajstić information content (AvgIpc) is 2.48. The third-order valence-corrected chi connectivity index (χ3v) is 2.49. The first-order valence-electron chi connectivity index (χ1n) is 3.43. The van der Waals surface area contributed by atoms with Gasteiger partial charge in [0.1, 0.15) is 15.0 Å². The summed E-state index contributed by atoms with van der Waals surface area (Å²) in [5.41, 5.74) is 0. The first-order chi connectivity index (χ1) is 6.09. The SMILES string of the molecule is O=S(=O)([O-])c1cccc2c1OCO2.[K+]. The largest absolute Gasteiger partial charge is 1.00 e. The van der Waals surface area contributed by atoms with Crippen molar-refractivity contribution in [1.29, 1.82) is 0 Å². The summed E-state index contributed by atoms with van der Waals surface area (Å²) in [5.74, 6) is 0.300. The van der Waals surface area contributed by atoms with Gasteiger partial charge in [0, 0.05) is 0 Å². The second kappa shape index (κ2) is 4.48. The molecule has 1 aromatic rings. The summed E-state index contributed by atoms with van der Waals surface area (Å²) in [7, 11) is -4.48. The zero-order valence-corrected chi connectivity index (χ0v) is 11.3. The van der Waals surface area contributed by atoms with Crippen LogP contribution < -0.4 is 60.9 Å². The fourth-order valence-electron chi connectivity index (χ4n) is 1.10. The molecular weight excluding hydrogens is 235 g/mol. The zero-order chi connectivity index (χ0) is 9.47. The zero-order valence-electron chi connectivity index (χ0n) is 7.39. The van der Waals surface area contributed by atoms with E-state index in [1.54, 1.807) is 0 Å². The minimum absolute atomic E-state index is 0. The van der Waals surface area contributed by atoms with Crippen LogP contribution in [0.25, 0.3) is 0 Å². The maximum absolute atomic E-state index is 10.7. The van der Waals surface area contributed by atoms with Gasteiger partial charge in [-0.15, -0.1) is 0 Å². The summed E-state index contributed by atoms with van der Waals surface area (Å²) < 4.78 is 41.9. The molecule has 0 N–H and O–H groups in total. The van der Waals surface area contributed by atoms with Gasteiger partial charge in [0.15, 0.2) is 11.5 Å². The molecule has 1 aliphatic rings. The minimum Gasteiger partial charge on any atom is -0.744 e. The molecule has 0 unspecified atom stereocenters. The van der Waals surface area contributed by atoms with E-state index in [0.29, 0.717) is 0 Å². The van der Waals surface area contributed by atoms with Gasteiger partial charge in [-0.1, -0.05) is 6.07 Å². The quantitative estimate of drug-likeness (QED) is 0.395.